The Kier molecular flexibility index (Phi) is 4.78. The lowest BCUT2D eigenvalue weighted by molar-refractivity contribution is -0.177. The summed E-state index contributed by atoms with van der Waals surface area (Å²) in [6, 6.07) is 0. The molecule has 0 unspecified atom stereocenters. The first-order chi connectivity index (χ1) is 7.29. The maximum Gasteiger partial charge on any atom is 0.411 e. The lowest BCUT2D eigenvalue weighted by atomic mass is 10.5. The molecule has 0 aliphatic carbocycles. The van der Waals surface area contributed by atoms with Crippen LogP contribution in [-0.4, -0.2) is 22.8 Å². The minimum atomic E-state index is -4.39. The van der Waals surface area contributed by atoms with Gasteiger partial charge in [0.2, 0.25) is 0 Å². The molecule has 16 heavy (non-hydrogen) atoms. The summed E-state index contributed by atoms with van der Waals surface area (Å²) in [4.78, 5) is 7.37. The van der Waals surface area contributed by atoms with Crippen LogP contribution in [0, 0.1) is 0 Å². The highest BCUT2D eigenvalue weighted by molar-refractivity contribution is 9.10. The van der Waals surface area contributed by atoms with Gasteiger partial charge < -0.3 is 4.74 Å². The van der Waals surface area contributed by atoms with Gasteiger partial charge in [-0.2, -0.15) is 13.2 Å². The summed E-state index contributed by atoms with van der Waals surface area (Å²) >= 11 is 14.3. The summed E-state index contributed by atoms with van der Waals surface area (Å²) in [5.41, 5.74) is 0. The molecule has 1 rings (SSSR count). The average molecular weight is 340 g/mol. The third-order valence-corrected chi connectivity index (χ3v) is 3.07. The molecule has 0 saturated heterocycles. The molecule has 0 aromatic carbocycles. The molecule has 1 heterocycles. The van der Waals surface area contributed by atoms with Crippen LogP contribution in [-0.2, 0) is 11.3 Å². The van der Waals surface area contributed by atoms with Gasteiger partial charge in [0.25, 0.3) is 0 Å². The zero-order chi connectivity index (χ0) is 12.3. The summed E-state index contributed by atoms with van der Waals surface area (Å²) in [5.74, 6) is -0.0116. The molecule has 0 atom stereocenters. The van der Waals surface area contributed by atoms with Crippen LogP contribution in [0.5, 0.6) is 0 Å². The second kappa shape index (κ2) is 5.48. The second-order valence-electron chi connectivity index (χ2n) is 2.64. The SMILES string of the molecule is FC(F)(F)COCc1nc(Cl)c(Br)c(Cl)n1. The van der Waals surface area contributed by atoms with E-state index < -0.39 is 19.4 Å². The number of ether oxygens (including phenoxy) is 1. The predicted octanol–water partition coefficient (Wildman–Crippen LogP) is 3.62. The van der Waals surface area contributed by atoms with Crippen LogP contribution in [0.3, 0.4) is 0 Å². The zero-order valence-electron chi connectivity index (χ0n) is 7.48. The van der Waals surface area contributed by atoms with Crippen LogP contribution < -0.4 is 0 Å². The summed E-state index contributed by atoms with van der Waals surface area (Å²) in [6.45, 7) is -1.78. The van der Waals surface area contributed by atoms with Crippen LogP contribution in [0.2, 0.25) is 10.3 Å². The van der Waals surface area contributed by atoms with Crippen molar-refractivity contribution in [2.75, 3.05) is 6.61 Å². The molecule has 1 aromatic heterocycles. The van der Waals surface area contributed by atoms with E-state index in [9.17, 15) is 13.2 Å². The quantitative estimate of drug-likeness (QED) is 0.789. The van der Waals surface area contributed by atoms with Crippen LogP contribution in [0.1, 0.15) is 5.82 Å². The average Bonchev–Trinajstić information content (AvgIpc) is 2.12. The van der Waals surface area contributed by atoms with Gasteiger partial charge in [-0.15, -0.1) is 0 Å². The van der Waals surface area contributed by atoms with E-state index in [-0.39, 0.29) is 20.6 Å². The Balaban J connectivity index is 2.62. The fraction of sp³-hybridized carbons (Fsp3) is 0.429. The number of aromatic nitrogens is 2. The Morgan fingerprint density at radius 1 is 1.19 bits per heavy atom. The standard InChI is InChI=1S/C7H4BrCl2F3N2O/c8-4-5(9)14-3(15-6(4)10)1-16-2-7(11,12)13/h1-2H2. The van der Waals surface area contributed by atoms with Crippen molar-refractivity contribution in [3.8, 4) is 0 Å². The summed E-state index contributed by atoms with van der Waals surface area (Å²) in [6.07, 6.45) is -4.39. The van der Waals surface area contributed by atoms with Gasteiger partial charge in [-0.1, -0.05) is 23.2 Å². The number of alkyl halides is 3. The van der Waals surface area contributed by atoms with E-state index in [1.54, 1.807) is 0 Å². The van der Waals surface area contributed by atoms with Crippen LogP contribution in [0.15, 0.2) is 4.47 Å². The molecule has 1 aromatic rings. The Morgan fingerprint density at radius 2 is 1.69 bits per heavy atom. The summed E-state index contributed by atoms with van der Waals surface area (Å²) < 4.78 is 39.9. The molecule has 90 valence electrons. The maximum absolute atomic E-state index is 11.8. The molecule has 9 heteroatoms. The fourth-order valence-corrected chi connectivity index (χ4v) is 1.36. The van der Waals surface area contributed by atoms with E-state index in [2.05, 4.69) is 30.6 Å². The molecule has 0 bridgehead atoms. The van der Waals surface area contributed by atoms with Crippen LogP contribution in [0.4, 0.5) is 13.2 Å². The second-order valence-corrected chi connectivity index (χ2v) is 4.15. The highest BCUT2D eigenvalue weighted by Crippen LogP contribution is 2.27. The van der Waals surface area contributed by atoms with Gasteiger partial charge >= 0.3 is 6.18 Å². The fourth-order valence-electron chi connectivity index (χ4n) is 0.757. The zero-order valence-corrected chi connectivity index (χ0v) is 10.6. The number of nitrogens with zero attached hydrogens (tertiary/aromatic N) is 2. The Morgan fingerprint density at radius 3 is 2.12 bits per heavy atom. The Labute approximate surface area is 107 Å². The van der Waals surface area contributed by atoms with Crippen molar-refractivity contribution >= 4 is 39.1 Å². The van der Waals surface area contributed by atoms with Gasteiger partial charge in [0.05, 0.1) is 4.47 Å². The van der Waals surface area contributed by atoms with Gasteiger partial charge in [0, 0.05) is 0 Å². The highest BCUT2D eigenvalue weighted by atomic mass is 79.9. The molecule has 0 aliphatic rings. The van der Waals surface area contributed by atoms with Gasteiger partial charge in [0.15, 0.2) is 5.82 Å². The largest absolute Gasteiger partial charge is 0.411 e. The van der Waals surface area contributed by atoms with Gasteiger partial charge in [-0.05, 0) is 15.9 Å². The first-order valence-corrected chi connectivity index (χ1v) is 5.36. The van der Waals surface area contributed by atoms with E-state index in [4.69, 9.17) is 23.2 Å². The molecular formula is C7H4BrCl2F3N2O. The molecule has 0 aliphatic heterocycles. The van der Waals surface area contributed by atoms with Crippen molar-refractivity contribution < 1.29 is 17.9 Å². The summed E-state index contributed by atoms with van der Waals surface area (Å²) in [5, 5.41) is 0.0382. The molecule has 0 saturated carbocycles. The van der Waals surface area contributed by atoms with Crippen LogP contribution >= 0.6 is 39.1 Å². The van der Waals surface area contributed by atoms with E-state index in [1.807, 2.05) is 0 Å². The molecule has 0 fully saturated rings. The number of hydrogen-bond acceptors (Lipinski definition) is 3. The van der Waals surface area contributed by atoms with Crippen LogP contribution in [0.25, 0.3) is 0 Å². The van der Waals surface area contributed by atoms with Crippen molar-refractivity contribution in [2.45, 2.75) is 12.8 Å². The van der Waals surface area contributed by atoms with E-state index in [1.165, 1.54) is 0 Å². The molecule has 0 spiro atoms. The van der Waals surface area contributed by atoms with Crippen molar-refractivity contribution in [3.63, 3.8) is 0 Å². The maximum atomic E-state index is 11.8. The lowest BCUT2D eigenvalue weighted by Crippen LogP contribution is -2.17. The van der Waals surface area contributed by atoms with E-state index in [0.29, 0.717) is 0 Å². The number of rotatable bonds is 3. The highest BCUT2D eigenvalue weighted by Gasteiger charge is 2.27. The lowest BCUT2D eigenvalue weighted by Gasteiger charge is -2.07. The first kappa shape index (κ1) is 14.0. The van der Waals surface area contributed by atoms with Gasteiger partial charge in [-0.25, -0.2) is 9.97 Å². The molecule has 0 N–H and O–H groups in total. The third kappa shape index (κ3) is 4.40. The molecule has 0 radical (unpaired) electrons. The Hall–Kier alpha value is -0.110. The van der Waals surface area contributed by atoms with Gasteiger partial charge in [-0.3, -0.25) is 0 Å². The monoisotopic (exact) mass is 338 g/mol. The molecule has 3 nitrogen and oxygen atoms in total. The summed E-state index contributed by atoms with van der Waals surface area (Å²) in [7, 11) is 0. The van der Waals surface area contributed by atoms with E-state index >= 15 is 0 Å². The topological polar surface area (TPSA) is 35.0 Å². The normalized spacial score (nSPS) is 11.9. The van der Waals surface area contributed by atoms with Crippen molar-refractivity contribution in [2.24, 2.45) is 0 Å². The minimum Gasteiger partial charge on any atom is -0.364 e. The molecule has 0 amide bonds. The smallest absolute Gasteiger partial charge is 0.364 e. The first-order valence-electron chi connectivity index (χ1n) is 3.81. The number of halogens is 6. The predicted molar refractivity (Wildman–Crippen MR) is 55.5 cm³/mol. The van der Waals surface area contributed by atoms with Crippen molar-refractivity contribution in [1.82, 2.24) is 9.97 Å². The van der Waals surface area contributed by atoms with E-state index in [0.717, 1.165) is 0 Å². The third-order valence-electron chi connectivity index (χ3n) is 1.31. The number of hydrogen-bond donors (Lipinski definition) is 0. The molecular weight excluding hydrogens is 336 g/mol. The van der Waals surface area contributed by atoms with Crippen molar-refractivity contribution in [1.29, 1.82) is 0 Å². The minimum absolute atomic E-state index is 0.0116. The van der Waals surface area contributed by atoms with Gasteiger partial charge in [0.1, 0.15) is 23.5 Å². The Bertz CT molecular complexity index is 365. The van der Waals surface area contributed by atoms with Crippen molar-refractivity contribution in [3.05, 3.63) is 20.6 Å².